The van der Waals surface area contributed by atoms with Crippen LogP contribution in [0.2, 0.25) is 0 Å². The first kappa shape index (κ1) is 15.2. The number of benzene rings is 2. The van der Waals surface area contributed by atoms with Crippen molar-refractivity contribution in [2.45, 2.75) is 19.0 Å². The minimum Gasteiger partial charge on any atom is -0.493 e. The highest BCUT2D eigenvalue weighted by molar-refractivity contribution is 6.05. The number of carbonyl (C=O) groups is 1. The molecule has 0 heterocycles. The third kappa shape index (κ3) is 3.87. The molecule has 2 aromatic carbocycles. The van der Waals surface area contributed by atoms with Gasteiger partial charge in [0, 0.05) is 11.8 Å². The molecule has 0 aliphatic carbocycles. The molecular formula is C15H13F3O3. The maximum absolute atomic E-state index is 12.1. The molecule has 0 amide bonds. The Hall–Kier alpha value is -2.24. The zero-order valence-corrected chi connectivity index (χ0v) is 11.0. The summed E-state index contributed by atoms with van der Waals surface area (Å²) in [6, 6.07) is 9.60. The number of rotatable bonds is 5. The minimum absolute atomic E-state index is 0.0735. The highest BCUT2D eigenvalue weighted by Gasteiger charge is 2.26. The van der Waals surface area contributed by atoms with Gasteiger partial charge in [-0.25, -0.2) is 4.79 Å². The van der Waals surface area contributed by atoms with Crippen LogP contribution in [0.1, 0.15) is 23.2 Å². The van der Waals surface area contributed by atoms with Crippen LogP contribution in [0.4, 0.5) is 13.2 Å². The lowest BCUT2D eigenvalue weighted by atomic mass is 10.0. The van der Waals surface area contributed by atoms with Crippen LogP contribution in [0, 0.1) is 0 Å². The Morgan fingerprint density at radius 2 is 1.76 bits per heavy atom. The molecule has 21 heavy (non-hydrogen) atoms. The standard InChI is InChI=1S/C15H13F3O3/c16-15(17,18)8-3-9-21-13-7-6-12(14(19)20)10-4-1-2-5-11(10)13/h1-2,4-7H,3,8-9H2,(H,19,20). The molecule has 0 radical (unpaired) electrons. The molecule has 0 aliphatic rings. The third-order valence-corrected chi connectivity index (χ3v) is 2.98. The molecule has 1 N–H and O–H groups in total. The smallest absolute Gasteiger partial charge is 0.389 e. The molecule has 3 nitrogen and oxygen atoms in total. The largest absolute Gasteiger partial charge is 0.493 e. The van der Waals surface area contributed by atoms with Gasteiger partial charge in [0.1, 0.15) is 5.75 Å². The molecule has 2 rings (SSSR count). The van der Waals surface area contributed by atoms with E-state index >= 15 is 0 Å². The lowest BCUT2D eigenvalue weighted by Gasteiger charge is -2.11. The van der Waals surface area contributed by atoms with Crippen LogP contribution in [-0.4, -0.2) is 23.9 Å². The Morgan fingerprint density at radius 1 is 1.10 bits per heavy atom. The fourth-order valence-corrected chi connectivity index (χ4v) is 2.04. The molecule has 0 aromatic heterocycles. The molecule has 0 fully saturated rings. The Bertz CT molecular complexity index is 650. The molecule has 0 saturated carbocycles. The van der Waals surface area contributed by atoms with Gasteiger partial charge in [-0.3, -0.25) is 0 Å². The first-order chi connectivity index (χ1) is 9.88. The van der Waals surface area contributed by atoms with Crippen LogP contribution in [0.25, 0.3) is 10.8 Å². The summed E-state index contributed by atoms with van der Waals surface area (Å²) in [6.45, 7) is -0.0735. The molecule has 112 valence electrons. The van der Waals surface area contributed by atoms with Crippen LogP contribution >= 0.6 is 0 Å². The summed E-state index contributed by atoms with van der Waals surface area (Å²) in [5, 5.41) is 10.2. The number of alkyl halides is 3. The summed E-state index contributed by atoms with van der Waals surface area (Å²) < 4.78 is 41.5. The van der Waals surface area contributed by atoms with Crippen LogP contribution in [0.15, 0.2) is 36.4 Å². The highest BCUT2D eigenvalue weighted by Crippen LogP contribution is 2.29. The molecule has 2 aromatic rings. The van der Waals surface area contributed by atoms with Gasteiger partial charge in [-0.15, -0.1) is 0 Å². The van der Waals surface area contributed by atoms with E-state index in [2.05, 4.69) is 0 Å². The fourth-order valence-electron chi connectivity index (χ4n) is 2.04. The zero-order valence-electron chi connectivity index (χ0n) is 11.0. The van der Waals surface area contributed by atoms with Crippen molar-refractivity contribution in [1.82, 2.24) is 0 Å². The van der Waals surface area contributed by atoms with Crippen LogP contribution in [0.5, 0.6) is 5.75 Å². The summed E-state index contributed by atoms with van der Waals surface area (Å²) in [5.74, 6) is -0.674. The van der Waals surface area contributed by atoms with Crippen molar-refractivity contribution in [2.75, 3.05) is 6.61 Å². The number of carboxylic acids is 1. The fraction of sp³-hybridized carbons (Fsp3) is 0.267. The van der Waals surface area contributed by atoms with Gasteiger partial charge in [-0.2, -0.15) is 13.2 Å². The first-order valence-corrected chi connectivity index (χ1v) is 6.33. The van der Waals surface area contributed by atoms with Crippen LogP contribution < -0.4 is 4.74 Å². The first-order valence-electron chi connectivity index (χ1n) is 6.33. The van der Waals surface area contributed by atoms with Crippen molar-refractivity contribution in [3.05, 3.63) is 42.0 Å². The molecule has 6 heteroatoms. The molecule has 0 unspecified atom stereocenters. The number of hydrogen-bond acceptors (Lipinski definition) is 2. The second-order valence-electron chi connectivity index (χ2n) is 4.53. The van der Waals surface area contributed by atoms with E-state index < -0.39 is 18.6 Å². The number of halogens is 3. The summed E-state index contributed by atoms with van der Waals surface area (Å²) in [6.07, 6.45) is -5.24. The molecule has 0 atom stereocenters. The van der Waals surface area contributed by atoms with Crippen molar-refractivity contribution in [2.24, 2.45) is 0 Å². The van der Waals surface area contributed by atoms with E-state index in [0.717, 1.165) is 0 Å². The lowest BCUT2D eigenvalue weighted by Crippen LogP contribution is -2.10. The van der Waals surface area contributed by atoms with E-state index in [0.29, 0.717) is 16.5 Å². The van der Waals surface area contributed by atoms with Gasteiger partial charge < -0.3 is 9.84 Å². The van der Waals surface area contributed by atoms with E-state index in [1.54, 1.807) is 24.3 Å². The SMILES string of the molecule is O=C(O)c1ccc(OCCCC(F)(F)F)c2ccccc12. The second-order valence-corrected chi connectivity index (χ2v) is 4.53. The topological polar surface area (TPSA) is 46.5 Å². The van der Waals surface area contributed by atoms with Crippen molar-refractivity contribution < 1.29 is 27.8 Å². The van der Waals surface area contributed by atoms with E-state index in [1.807, 2.05) is 0 Å². The summed E-state index contributed by atoms with van der Waals surface area (Å²) in [7, 11) is 0. The van der Waals surface area contributed by atoms with Gasteiger partial charge in [-0.05, 0) is 23.9 Å². The van der Waals surface area contributed by atoms with Gasteiger partial charge in [0.2, 0.25) is 0 Å². The van der Waals surface area contributed by atoms with Crippen molar-refractivity contribution in [1.29, 1.82) is 0 Å². The minimum atomic E-state index is -4.20. The monoisotopic (exact) mass is 298 g/mol. The van der Waals surface area contributed by atoms with Crippen molar-refractivity contribution in [3.8, 4) is 5.75 Å². The summed E-state index contributed by atoms with van der Waals surface area (Å²) >= 11 is 0. The molecule has 0 aliphatic heterocycles. The normalized spacial score (nSPS) is 11.6. The van der Waals surface area contributed by atoms with Gasteiger partial charge in [0.25, 0.3) is 0 Å². The quantitative estimate of drug-likeness (QED) is 0.839. The van der Waals surface area contributed by atoms with E-state index in [-0.39, 0.29) is 18.6 Å². The number of hydrogen-bond donors (Lipinski definition) is 1. The Morgan fingerprint density at radius 3 is 2.38 bits per heavy atom. The Labute approximate surface area is 119 Å². The highest BCUT2D eigenvalue weighted by atomic mass is 19.4. The van der Waals surface area contributed by atoms with Gasteiger partial charge in [0.15, 0.2) is 0 Å². The van der Waals surface area contributed by atoms with E-state index in [4.69, 9.17) is 9.84 Å². The van der Waals surface area contributed by atoms with Crippen molar-refractivity contribution in [3.63, 3.8) is 0 Å². The van der Waals surface area contributed by atoms with Gasteiger partial charge >= 0.3 is 12.1 Å². The molecule has 0 bridgehead atoms. The summed E-state index contributed by atoms with van der Waals surface area (Å²) in [5.41, 5.74) is 0.133. The Kier molecular flexibility index (Phi) is 4.35. The van der Waals surface area contributed by atoms with Gasteiger partial charge in [0.05, 0.1) is 12.2 Å². The maximum atomic E-state index is 12.1. The van der Waals surface area contributed by atoms with E-state index in [1.165, 1.54) is 12.1 Å². The molecule has 0 spiro atoms. The van der Waals surface area contributed by atoms with Crippen LogP contribution in [-0.2, 0) is 0 Å². The molecular weight excluding hydrogens is 285 g/mol. The lowest BCUT2D eigenvalue weighted by molar-refractivity contribution is -0.136. The second kappa shape index (κ2) is 6.03. The average molecular weight is 298 g/mol. The number of carboxylic acid groups (broad SMARTS) is 1. The Balaban J connectivity index is 2.18. The third-order valence-electron chi connectivity index (χ3n) is 2.98. The predicted octanol–water partition coefficient (Wildman–Crippen LogP) is 4.26. The number of aromatic carboxylic acids is 1. The van der Waals surface area contributed by atoms with Crippen LogP contribution in [0.3, 0.4) is 0 Å². The van der Waals surface area contributed by atoms with Gasteiger partial charge in [-0.1, -0.05) is 24.3 Å². The number of ether oxygens (including phenoxy) is 1. The zero-order chi connectivity index (χ0) is 15.5. The van der Waals surface area contributed by atoms with Crippen molar-refractivity contribution >= 4 is 16.7 Å². The average Bonchev–Trinajstić information content (AvgIpc) is 2.42. The molecule has 0 saturated heterocycles. The number of fused-ring (bicyclic) bond motifs is 1. The summed E-state index contributed by atoms with van der Waals surface area (Å²) in [4.78, 5) is 11.1. The maximum Gasteiger partial charge on any atom is 0.389 e. The predicted molar refractivity (Wildman–Crippen MR) is 71.7 cm³/mol. The van der Waals surface area contributed by atoms with E-state index in [9.17, 15) is 18.0 Å².